The van der Waals surface area contributed by atoms with Crippen LogP contribution >= 0.6 is 0 Å². The molecule has 1 aromatic carbocycles. The molecule has 0 radical (unpaired) electrons. The van der Waals surface area contributed by atoms with E-state index in [1.54, 1.807) is 6.92 Å². The minimum atomic E-state index is 0.151. The molecule has 0 bridgehead atoms. The molecule has 0 amide bonds. The Kier molecular flexibility index (Phi) is 2.67. The van der Waals surface area contributed by atoms with Crippen LogP contribution in [0.2, 0.25) is 0 Å². The number of fused-ring (bicyclic) bond motifs is 1. The number of oxazole rings is 1. The van der Waals surface area contributed by atoms with E-state index in [1.807, 2.05) is 24.3 Å². The lowest BCUT2D eigenvalue weighted by Crippen LogP contribution is -2.05. The van der Waals surface area contributed by atoms with Crippen LogP contribution < -0.4 is 5.32 Å². The molecule has 0 saturated carbocycles. The highest BCUT2D eigenvalue weighted by atomic mass is 16.4. The number of nitrogens with zero attached hydrogens (tertiary/aromatic N) is 1. The summed E-state index contributed by atoms with van der Waals surface area (Å²) in [6, 6.07) is 8.02. The van der Waals surface area contributed by atoms with Gasteiger partial charge in [-0.25, -0.2) is 0 Å². The van der Waals surface area contributed by atoms with Crippen molar-refractivity contribution in [3.05, 3.63) is 24.3 Å². The Hall–Kier alpha value is -1.84. The average molecular weight is 204 g/mol. The van der Waals surface area contributed by atoms with Gasteiger partial charge in [0.1, 0.15) is 11.3 Å². The fraction of sp³-hybridized carbons (Fsp3) is 0.273. The molecular weight excluding hydrogens is 192 g/mol. The van der Waals surface area contributed by atoms with Gasteiger partial charge in [0, 0.05) is 13.0 Å². The largest absolute Gasteiger partial charge is 0.424 e. The van der Waals surface area contributed by atoms with E-state index in [4.69, 9.17) is 4.42 Å². The number of Topliss-reactive ketones (excluding diaryl/α,β-unsaturated/α-hetero) is 1. The molecule has 0 atom stereocenters. The summed E-state index contributed by atoms with van der Waals surface area (Å²) in [6.45, 7) is 2.12. The summed E-state index contributed by atoms with van der Waals surface area (Å²) in [4.78, 5) is 14.9. The quantitative estimate of drug-likeness (QED) is 0.829. The molecule has 1 heterocycles. The zero-order chi connectivity index (χ0) is 10.7. The summed E-state index contributed by atoms with van der Waals surface area (Å²) in [7, 11) is 0. The summed E-state index contributed by atoms with van der Waals surface area (Å²) >= 11 is 0. The van der Waals surface area contributed by atoms with Crippen LogP contribution in [0.3, 0.4) is 0 Å². The second-order valence-electron chi connectivity index (χ2n) is 3.37. The van der Waals surface area contributed by atoms with Gasteiger partial charge < -0.3 is 9.73 Å². The third-order valence-corrected chi connectivity index (χ3v) is 2.05. The maximum Gasteiger partial charge on any atom is 0.295 e. The first kappa shape index (κ1) is 9.71. The van der Waals surface area contributed by atoms with Gasteiger partial charge in [0.15, 0.2) is 5.58 Å². The molecule has 0 fully saturated rings. The van der Waals surface area contributed by atoms with Gasteiger partial charge >= 0.3 is 0 Å². The van der Waals surface area contributed by atoms with E-state index in [9.17, 15) is 4.79 Å². The summed E-state index contributed by atoms with van der Waals surface area (Å²) in [6.07, 6.45) is 0.485. The number of rotatable bonds is 4. The Labute approximate surface area is 87.3 Å². The molecule has 1 N–H and O–H groups in total. The van der Waals surface area contributed by atoms with E-state index in [1.165, 1.54) is 0 Å². The first-order chi connectivity index (χ1) is 7.25. The standard InChI is InChI=1S/C11H12N2O2/c1-8(14)6-7-12-11-13-9-4-2-3-5-10(9)15-11/h2-5H,6-7H2,1H3,(H,12,13). The van der Waals surface area contributed by atoms with Crippen LogP contribution in [-0.2, 0) is 4.79 Å². The number of carbonyl (C=O) groups is 1. The third-order valence-electron chi connectivity index (χ3n) is 2.05. The van der Waals surface area contributed by atoms with E-state index in [2.05, 4.69) is 10.3 Å². The zero-order valence-electron chi connectivity index (χ0n) is 8.49. The highest BCUT2D eigenvalue weighted by Crippen LogP contribution is 2.17. The molecule has 78 valence electrons. The Morgan fingerprint density at radius 2 is 2.27 bits per heavy atom. The van der Waals surface area contributed by atoms with E-state index in [0.717, 1.165) is 11.1 Å². The van der Waals surface area contributed by atoms with Crippen molar-refractivity contribution in [2.45, 2.75) is 13.3 Å². The Balaban J connectivity index is 2.05. The van der Waals surface area contributed by atoms with Crippen molar-refractivity contribution in [3.63, 3.8) is 0 Å². The maximum absolute atomic E-state index is 10.7. The molecule has 2 rings (SSSR count). The lowest BCUT2D eigenvalue weighted by atomic mass is 10.3. The SMILES string of the molecule is CC(=O)CCNc1nc2ccccc2o1. The summed E-state index contributed by atoms with van der Waals surface area (Å²) in [5.41, 5.74) is 1.57. The number of hydrogen-bond donors (Lipinski definition) is 1. The molecule has 4 heteroatoms. The number of para-hydroxylation sites is 2. The summed E-state index contributed by atoms with van der Waals surface area (Å²) < 4.78 is 5.42. The molecular formula is C11H12N2O2. The minimum absolute atomic E-state index is 0.151. The van der Waals surface area contributed by atoms with Gasteiger partial charge in [-0.1, -0.05) is 12.1 Å². The van der Waals surface area contributed by atoms with Gasteiger partial charge in [-0.3, -0.25) is 4.79 Å². The van der Waals surface area contributed by atoms with Crippen LogP contribution in [0.1, 0.15) is 13.3 Å². The second kappa shape index (κ2) is 4.13. The van der Waals surface area contributed by atoms with Gasteiger partial charge in [0.05, 0.1) is 0 Å². The van der Waals surface area contributed by atoms with Gasteiger partial charge in [0.25, 0.3) is 6.01 Å². The smallest absolute Gasteiger partial charge is 0.295 e. The van der Waals surface area contributed by atoms with Crippen LogP contribution in [0.15, 0.2) is 28.7 Å². The van der Waals surface area contributed by atoms with Crippen molar-refractivity contribution >= 4 is 22.9 Å². The number of nitrogens with one attached hydrogen (secondary N) is 1. The number of anilines is 1. The minimum Gasteiger partial charge on any atom is -0.424 e. The lowest BCUT2D eigenvalue weighted by Gasteiger charge is -1.97. The van der Waals surface area contributed by atoms with Crippen molar-refractivity contribution in [3.8, 4) is 0 Å². The lowest BCUT2D eigenvalue weighted by molar-refractivity contribution is -0.116. The van der Waals surface area contributed by atoms with E-state index < -0.39 is 0 Å². The summed E-state index contributed by atoms with van der Waals surface area (Å²) in [5.74, 6) is 0.151. The van der Waals surface area contributed by atoms with Gasteiger partial charge in [0.2, 0.25) is 0 Å². The number of carbonyl (C=O) groups excluding carboxylic acids is 1. The molecule has 0 unspecified atom stereocenters. The van der Waals surface area contributed by atoms with Gasteiger partial charge in [-0.15, -0.1) is 0 Å². The zero-order valence-corrected chi connectivity index (χ0v) is 8.49. The topological polar surface area (TPSA) is 55.1 Å². The van der Waals surface area contributed by atoms with Crippen LogP contribution in [0.25, 0.3) is 11.1 Å². The molecule has 2 aromatic rings. The predicted molar refractivity (Wildman–Crippen MR) is 57.8 cm³/mol. The Morgan fingerprint density at radius 3 is 3.00 bits per heavy atom. The molecule has 0 saturated heterocycles. The third kappa shape index (κ3) is 2.34. The molecule has 0 aliphatic rings. The molecule has 1 aromatic heterocycles. The average Bonchev–Trinajstić information content (AvgIpc) is 2.59. The predicted octanol–water partition coefficient (Wildman–Crippen LogP) is 2.22. The van der Waals surface area contributed by atoms with Gasteiger partial charge in [-0.05, 0) is 19.1 Å². The van der Waals surface area contributed by atoms with Crippen molar-refractivity contribution in [1.29, 1.82) is 0 Å². The molecule has 15 heavy (non-hydrogen) atoms. The highest BCUT2D eigenvalue weighted by molar-refractivity contribution is 5.76. The van der Waals surface area contributed by atoms with Crippen molar-refractivity contribution in [2.75, 3.05) is 11.9 Å². The first-order valence-electron chi connectivity index (χ1n) is 4.84. The number of aromatic nitrogens is 1. The molecule has 0 spiro atoms. The summed E-state index contributed by atoms with van der Waals surface area (Å²) in [5, 5.41) is 2.97. The van der Waals surface area contributed by atoms with Crippen LogP contribution in [-0.4, -0.2) is 17.3 Å². The van der Waals surface area contributed by atoms with E-state index >= 15 is 0 Å². The van der Waals surface area contributed by atoms with Gasteiger partial charge in [-0.2, -0.15) is 4.98 Å². The fourth-order valence-electron chi connectivity index (χ4n) is 1.29. The molecule has 0 aliphatic carbocycles. The Morgan fingerprint density at radius 1 is 1.47 bits per heavy atom. The van der Waals surface area contributed by atoms with Crippen LogP contribution in [0, 0.1) is 0 Å². The molecule has 4 nitrogen and oxygen atoms in total. The number of ketones is 1. The number of hydrogen-bond acceptors (Lipinski definition) is 4. The second-order valence-corrected chi connectivity index (χ2v) is 3.37. The monoisotopic (exact) mass is 204 g/mol. The number of benzene rings is 1. The van der Waals surface area contributed by atoms with Crippen molar-refractivity contribution in [2.24, 2.45) is 0 Å². The van der Waals surface area contributed by atoms with Crippen LogP contribution in [0.4, 0.5) is 6.01 Å². The highest BCUT2D eigenvalue weighted by Gasteiger charge is 2.03. The molecule has 0 aliphatic heterocycles. The van der Waals surface area contributed by atoms with Crippen molar-refractivity contribution < 1.29 is 9.21 Å². The first-order valence-corrected chi connectivity index (χ1v) is 4.84. The van der Waals surface area contributed by atoms with Crippen LogP contribution in [0.5, 0.6) is 0 Å². The fourth-order valence-corrected chi connectivity index (χ4v) is 1.29. The van der Waals surface area contributed by atoms with E-state index in [-0.39, 0.29) is 5.78 Å². The van der Waals surface area contributed by atoms with E-state index in [0.29, 0.717) is 19.0 Å². The Bertz CT molecular complexity index is 443. The maximum atomic E-state index is 10.7. The normalized spacial score (nSPS) is 10.5. The van der Waals surface area contributed by atoms with Crippen molar-refractivity contribution in [1.82, 2.24) is 4.98 Å².